The lowest BCUT2D eigenvalue weighted by molar-refractivity contribution is 0.151. The molecule has 65 valence electrons. The lowest BCUT2D eigenvalue weighted by Gasteiger charge is -2.38. The molecule has 0 spiro atoms. The van der Waals surface area contributed by atoms with E-state index in [1.165, 1.54) is 38.5 Å². The van der Waals surface area contributed by atoms with Crippen LogP contribution in [0.4, 0.5) is 0 Å². The van der Waals surface area contributed by atoms with Crippen molar-refractivity contribution in [2.24, 2.45) is 11.3 Å². The van der Waals surface area contributed by atoms with Crippen molar-refractivity contribution in [2.45, 2.75) is 52.4 Å². The molecule has 0 amide bonds. The average Bonchev–Trinajstić information content (AvgIpc) is 2.07. The van der Waals surface area contributed by atoms with E-state index in [9.17, 15) is 0 Å². The Morgan fingerprint density at radius 2 is 1.64 bits per heavy atom. The van der Waals surface area contributed by atoms with Gasteiger partial charge in [0.2, 0.25) is 0 Å². The quantitative estimate of drug-likeness (QED) is 0.566. The van der Waals surface area contributed by atoms with Gasteiger partial charge in [0.1, 0.15) is 0 Å². The van der Waals surface area contributed by atoms with E-state index in [1.54, 1.807) is 0 Å². The van der Waals surface area contributed by atoms with Crippen LogP contribution in [0.25, 0.3) is 0 Å². The van der Waals surface area contributed by atoms with Gasteiger partial charge < -0.3 is 0 Å². The third kappa shape index (κ3) is 1.98. The average molecular weight is 153 g/mol. The largest absolute Gasteiger partial charge is 0.0649 e. The van der Waals surface area contributed by atoms with Gasteiger partial charge in [0.05, 0.1) is 0 Å². The zero-order valence-electron chi connectivity index (χ0n) is 8.03. The molecule has 0 unspecified atom stereocenters. The van der Waals surface area contributed by atoms with Gasteiger partial charge in [0.25, 0.3) is 0 Å². The maximum atomic E-state index is 4.13. The first kappa shape index (κ1) is 9.09. The summed E-state index contributed by atoms with van der Waals surface area (Å²) < 4.78 is 0. The summed E-state index contributed by atoms with van der Waals surface area (Å²) >= 11 is 0. The molecule has 0 heteroatoms. The van der Waals surface area contributed by atoms with Crippen LogP contribution < -0.4 is 0 Å². The third-order valence-electron chi connectivity index (χ3n) is 3.67. The molecule has 1 rings (SSSR count). The van der Waals surface area contributed by atoms with E-state index in [0.717, 1.165) is 5.92 Å². The van der Waals surface area contributed by atoms with E-state index in [-0.39, 0.29) is 0 Å². The van der Waals surface area contributed by atoms with Gasteiger partial charge in [-0.05, 0) is 37.0 Å². The van der Waals surface area contributed by atoms with Gasteiger partial charge in [-0.2, -0.15) is 0 Å². The molecule has 11 heavy (non-hydrogen) atoms. The molecule has 0 nitrogen and oxygen atoms in total. The highest BCUT2D eigenvalue weighted by atomic mass is 14.4. The molecule has 1 radical (unpaired) electrons. The van der Waals surface area contributed by atoms with Gasteiger partial charge >= 0.3 is 0 Å². The van der Waals surface area contributed by atoms with E-state index in [1.807, 2.05) is 0 Å². The maximum absolute atomic E-state index is 4.13. The van der Waals surface area contributed by atoms with Gasteiger partial charge in [-0.3, -0.25) is 0 Å². The zero-order chi connectivity index (χ0) is 8.32. The number of hydrogen-bond donors (Lipinski definition) is 0. The maximum Gasteiger partial charge on any atom is -0.0302 e. The SMILES string of the molecule is [CH2]C1CCC(CC)(CC)CC1. The molecule has 0 aromatic heterocycles. The van der Waals surface area contributed by atoms with E-state index in [2.05, 4.69) is 20.8 Å². The van der Waals surface area contributed by atoms with E-state index >= 15 is 0 Å². The standard InChI is InChI=1S/C11H21/c1-4-11(5-2)8-6-10(3)7-9-11/h10H,3-9H2,1-2H3. The van der Waals surface area contributed by atoms with Crippen LogP contribution in [0.15, 0.2) is 0 Å². The van der Waals surface area contributed by atoms with Gasteiger partial charge in [-0.15, -0.1) is 0 Å². The Hall–Kier alpha value is 0. The highest BCUT2D eigenvalue weighted by Crippen LogP contribution is 2.43. The van der Waals surface area contributed by atoms with Crippen LogP contribution >= 0.6 is 0 Å². The number of rotatable bonds is 2. The molecular formula is C11H21. The summed E-state index contributed by atoms with van der Waals surface area (Å²) in [6, 6.07) is 0. The Balaban J connectivity index is 2.45. The van der Waals surface area contributed by atoms with E-state index in [4.69, 9.17) is 0 Å². The normalized spacial score (nSPS) is 25.4. The molecule has 0 N–H and O–H groups in total. The second kappa shape index (κ2) is 3.60. The second-order valence-electron chi connectivity index (χ2n) is 4.15. The minimum atomic E-state index is 0.703. The molecular weight excluding hydrogens is 132 g/mol. The fourth-order valence-corrected chi connectivity index (χ4v) is 2.25. The smallest absolute Gasteiger partial charge is 0.0302 e. The predicted octanol–water partition coefficient (Wildman–Crippen LogP) is 3.82. The topological polar surface area (TPSA) is 0 Å². The molecule has 1 saturated carbocycles. The van der Waals surface area contributed by atoms with Crippen molar-refractivity contribution in [1.82, 2.24) is 0 Å². The van der Waals surface area contributed by atoms with Crippen molar-refractivity contribution >= 4 is 0 Å². The molecule has 0 heterocycles. The Morgan fingerprint density at radius 1 is 1.18 bits per heavy atom. The van der Waals surface area contributed by atoms with Gasteiger partial charge in [0.15, 0.2) is 0 Å². The lowest BCUT2D eigenvalue weighted by Crippen LogP contribution is -2.25. The fourth-order valence-electron chi connectivity index (χ4n) is 2.25. The lowest BCUT2D eigenvalue weighted by atomic mass is 9.68. The molecule has 0 saturated heterocycles. The van der Waals surface area contributed by atoms with Crippen molar-refractivity contribution in [3.8, 4) is 0 Å². The molecule has 0 aromatic carbocycles. The van der Waals surface area contributed by atoms with Crippen LogP contribution in [0, 0.1) is 18.3 Å². The van der Waals surface area contributed by atoms with Gasteiger partial charge in [-0.25, -0.2) is 0 Å². The molecule has 0 bridgehead atoms. The van der Waals surface area contributed by atoms with E-state index < -0.39 is 0 Å². The van der Waals surface area contributed by atoms with Gasteiger partial charge in [0, 0.05) is 0 Å². The van der Waals surface area contributed by atoms with Crippen LogP contribution in [0.1, 0.15) is 52.4 Å². The van der Waals surface area contributed by atoms with Crippen molar-refractivity contribution in [2.75, 3.05) is 0 Å². The summed E-state index contributed by atoms with van der Waals surface area (Å²) in [5, 5.41) is 0. The Bertz CT molecular complexity index is 101. The Kier molecular flexibility index (Phi) is 2.98. The summed E-state index contributed by atoms with van der Waals surface area (Å²) in [7, 11) is 0. The molecule has 0 atom stereocenters. The summed E-state index contributed by atoms with van der Waals surface area (Å²) in [4.78, 5) is 0. The summed E-state index contributed by atoms with van der Waals surface area (Å²) in [5.74, 6) is 0.751. The fraction of sp³-hybridized carbons (Fsp3) is 0.909. The molecule has 1 aliphatic rings. The van der Waals surface area contributed by atoms with Crippen LogP contribution in [0.5, 0.6) is 0 Å². The highest BCUT2D eigenvalue weighted by Gasteiger charge is 2.30. The minimum absolute atomic E-state index is 0.703. The van der Waals surface area contributed by atoms with Crippen LogP contribution in [-0.4, -0.2) is 0 Å². The first-order valence-electron chi connectivity index (χ1n) is 5.05. The minimum Gasteiger partial charge on any atom is -0.0649 e. The van der Waals surface area contributed by atoms with Gasteiger partial charge in [-0.1, -0.05) is 33.6 Å². The van der Waals surface area contributed by atoms with Crippen LogP contribution in [0.3, 0.4) is 0 Å². The predicted molar refractivity (Wildman–Crippen MR) is 50.3 cm³/mol. The summed E-state index contributed by atoms with van der Waals surface area (Å²) in [6.07, 6.45) is 8.32. The number of hydrogen-bond acceptors (Lipinski definition) is 0. The Labute approximate surface area is 71.4 Å². The van der Waals surface area contributed by atoms with Crippen molar-refractivity contribution in [3.63, 3.8) is 0 Å². The Morgan fingerprint density at radius 3 is 2.00 bits per heavy atom. The van der Waals surface area contributed by atoms with Crippen molar-refractivity contribution < 1.29 is 0 Å². The van der Waals surface area contributed by atoms with Crippen molar-refractivity contribution in [1.29, 1.82) is 0 Å². The summed E-state index contributed by atoms with van der Waals surface area (Å²) in [6.45, 7) is 8.81. The van der Waals surface area contributed by atoms with Crippen molar-refractivity contribution in [3.05, 3.63) is 6.92 Å². The first-order valence-corrected chi connectivity index (χ1v) is 5.05. The monoisotopic (exact) mass is 153 g/mol. The zero-order valence-corrected chi connectivity index (χ0v) is 8.03. The molecule has 1 aliphatic carbocycles. The molecule has 0 aromatic rings. The second-order valence-corrected chi connectivity index (χ2v) is 4.15. The molecule has 0 aliphatic heterocycles. The van der Waals surface area contributed by atoms with Crippen LogP contribution in [0.2, 0.25) is 0 Å². The van der Waals surface area contributed by atoms with E-state index in [0.29, 0.717) is 5.41 Å². The molecule has 1 fully saturated rings. The highest BCUT2D eigenvalue weighted by molar-refractivity contribution is 4.84. The van der Waals surface area contributed by atoms with Crippen LogP contribution in [-0.2, 0) is 0 Å². The third-order valence-corrected chi connectivity index (χ3v) is 3.67. The first-order chi connectivity index (χ1) is 5.22. The summed E-state index contributed by atoms with van der Waals surface area (Å²) in [5.41, 5.74) is 0.703.